The average molecular weight is 247 g/mol. The highest BCUT2D eigenvalue weighted by Crippen LogP contribution is 2.21. The molecule has 0 spiro atoms. The highest BCUT2D eigenvalue weighted by molar-refractivity contribution is 9.10. The van der Waals surface area contributed by atoms with Crippen LogP contribution in [0.2, 0.25) is 0 Å². The van der Waals surface area contributed by atoms with Gasteiger partial charge < -0.3 is 0 Å². The van der Waals surface area contributed by atoms with Gasteiger partial charge in [0.25, 0.3) is 0 Å². The van der Waals surface area contributed by atoms with Gasteiger partial charge in [-0.15, -0.1) is 0 Å². The van der Waals surface area contributed by atoms with Crippen molar-refractivity contribution in [2.75, 3.05) is 0 Å². The molecule has 0 heterocycles. The summed E-state index contributed by atoms with van der Waals surface area (Å²) in [5, 5.41) is 17.4. The quantitative estimate of drug-likeness (QED) is 0.715. The van der Waals surface area contributed by atoms with Crippen LogP contribution in [0.5, 0.6) is 0 Å². The van der Waals surface area contributed by atoms with Crippen molar-refractivity contribution >= 4 is 21.5 Å². The first kappa shape index (κ1) is 10.5. The second-order valence-electron chi connectivity index (χ2n) is 2.73. The first-order valence-corrected chi connectivity index (χ1v) is 4.75. The van der Waals surface area contributed by atoms with Gasteiger partial charge in [0.05, 0.1) is 0 Å². The van der Waals surface area contributed by atoms with Crippen LogP contribution in [0.15, 0.2) is 34.3 Å². The lowest BCUT2D eigenvalue weighted by Gasteiger charge is -2.01. The van der Waals surface area contributed by atoms with Crippen LogP contribution < -0.4 is 0 Å². The molecule has 1 aromatic rings. The Balaban J connectivity index is 3.27. The number of allylic oxidation sites excluding steroid dienone is 2. The van der Waals surface area contributed by atoms with Crippen molar-refractivity contribution in [2.24, 2.45) is 0 Å². The molecule has 0 unspecified atom stereocenters. The van der Waals surface area contributed by atoms with Crippen molar-refractivity contribution in [1.29, 1.82) is 10.5 Å². The lowest BCUT2D eigenvalue weighted by atomic mass is 10.0. The summed E-state index contributed by atoms with van der Waals surface area (Å²) in [4.78, 5) is 0. The Morgan fingerprint density at radius 2 is 1.93 bits per heavy atom. The second kappa shape index (κ2) is 4.60. The third-order valence-corrected chi connectivity index (χ3v) is 2.35. The summed E-state index contributed by atoms with van der Waals surface area (Å²) >= 11 is 3.33. The molecule has 0 atom stereocenters. The van der Waals surface area contributed by atoms with Crippen LogP contribution in [-0.4, -0.2) is 0 Å². The van der Waals surface area contributed by atoms with Crippen LogP contribution in [-0.2, 0) is 0 Å². The maximum absolute atomic E-state index is 8.68. The van der Waals surface area contributed by atoms with Crippen molar-refractivity contribution in [3.05, 3.63) is 39.9 Å². The van der Waals surface area contributed by atoms with Gasteiger partial charge in [0.2, 0.25) is 0 Å². The molecule has 0 amide bonds. The molecular formula is C11H7BrN2. The second-order valence-corrected chi connectivity index (χ2v) is 3.65. The van der Waals surface area contributed by atoms with E-state index in [1.807, 2.05) is 36.4 Å². The van der Waals surface area contributed by atoms with E-state index in [1.165, 1.54) is 0 Å². The Morgan fingerprint density at radius 1 is 1.29 bits per heavy atom. The molecule has 0 fully saturated rings. The third-order valence-electron chi connectivity index (χ3n) is 1.86. The number of nitriles is 2. The smallest absolute Gasteiger partial charge is 0.133 e. The van der Waals surface area contributed by atoms with E-state index >= 15 is 0 Å². The predicted octanol–water partition coefficient (Wildman–Crippen LogP) is 3.27. The Morgan fingerprint density at radius 3 is 2.43 bits per heavy atom. The standard InChI is InChI=1S/C11H7BrN2/c1-8(10(6-13)7-14)9-3-2-4-11(12)5-9/h2-5H,1H3. The summed E-state index contributed by atoms with van der Waals surface area (Å²) in [5.41, 5.74) is 1.75. The van der Waals surface area contributed by atoms with Crippen LogP contribution in [0.25, 0.3) is 5.57 Å². The van der Waals surface area contributed by atoms with E-state index in [1.54, 1.807) is 6.92 Å². The number of halogens is 1. The summed E-state index contributed by atoms with van der Waals surface area (Å²) in [6.07, 6.45) is 0. The van der Waals surface area contributed by atoms with E-state index in [0.717, 1.165) is 10.0 Å². The molecule has 0 saturated heterocycles. The highest BCUT2D eigenvalue weighted by atomic mass is 79.9. The molecule has 0 bridgehead atoms. The Bertz CT molecular complexity index is 445. The average Bonchev–Trinajstić information content (AvgIpc) is 2.19. The summed E-state index contributed by atoms with van der Waals surface area (Å²) in [5.74, 6) is 0. The molecule has 14 heavy (non-hydrogen) atoms. The van der Waals surface area contributed by atoms with Gasteiger partial charge in [-0.3, -0.25) is 0 Å². The molecule has 1 rings (SSSR count). The monoisotopic (exact) mass is 246 g/mol. The number of rotatable bonds is 1. The molecule has 0 aliphatic rings. The van der Waals surface area contributed by atoms with Gasteiger partial charge in [0.1, 0.15) is 17.7 Å². The van der Waals surface area contributed by atoms with Crippen molar-refractivity contribution in [2.45, 2.75) is 6.92 Å². The van der Waals surface area contributed by atoms with Crippen LogP contribution in [0.4, 0.5) is 0 Å². The zero-order chi connectivity index (χ0) is 10.6. The van der Waals surface area contributed by atoms with E-state index < -0.39 is 0 Å². The maximum Gasteiger partial charge on any atom is 0.133 e. The van der Waals surface area contributed by atoms with Gasteiger partial charge in [0.15, 0.2) is 0 Å². The molecule has 3 heteroatoms. The first-order chi connectivity index (χ1) is 6.69. The summed E-state index contributed by atoms with van der Waals surface area (Å²) in [6, 6.07) is 11.3. The van der Waals surface area contributed by atoms with Crippen molar-refractivity contribution in [3.63, 3.8) is 0 Å². The maximum atomic E-state index is 8.68. The highest BCUT2D eigenvalue weighted by Gasteiger charge is 2.03. The number of nitrogens with zero attached hydrogens (tertiary/aromatic N) is 2. The minimum atomic E-state index is 0.156. The predicted molar refractivity (Wildman–Crippen MR) is 58.0 cm³/mol. The molecular weight excluding hydrogens is 240 g/mol. The SMILES string of the molecule is CC(=C(C#N)C#N)c1cccc(Br)c1. The van der Waals surface area contributed by atoms with Crippen molar-refractivity contribution in [1.82, 2.24) is 0 Å². The fourth-order valence-corrected chi connectivity index (χ4v) is 1.46. The van der Waals surface area contributed by atoms with Crippen LogP contribution in [0, 0.1) is 22.7 Å². The lowest BCUT2D eigenvalue weighted by Crippen LogP contribution is -1.84. The van der Waals surface area contributed by atoms with Gasteiger partial charge >= 0.3 is 0 Å². The number of benzene rings is 1. The Kier molecular flexibility index (Phi) is 3.45. The molecule has 0 N–H and O–H groups in total. The van der Waals surface area contributed by atoms with Gasteiger partial charge in [-0.1, -0.05) is 28.1 Å². The molecule has 0 saturated carbocycles. The summed E-state index contributed by atoms with van der Waals surface area (Å²) in [6.45, 7) is 1.77. The van der Waals surface area contributed by atoms with E-state index in [9.17, 15) is 0 Å². The zero-order valence-corrected chi connectivity index (χ0v) is 9.17. The largest absolute Gasteiger partial charge is 0.192 e. The van der Waals surface area contributed by atoms with Gasteiger partial charge in [-0.25, -0.2) is 0 Å². The molecule has 0 radical (unpaired) electrons. The summed E-state index contributed by atoms with van der Waals surface area (Å²) in [7, 11) is 0. The molecule has 2 nitrogen and oxygen atoms in total. The number of hydrogen-bond acceptors (Lipinski definition) is 2. The van der Waals surface area contributed by atoms with Crippen LogP contribution in [0.3, 0.4) is 0 Å². The fraction of sp³-hybridized carbons (Fsp3) is 0.0909. The molecule has 68 valence electrons. The van der Waals surface area contributed by atoms with E-state index in [2.05, 4.69) is 15.9 Å². The molecule has 0 aliphatic carbocycles. The van der Waals surface area contributed by atoms with Gasteiger partial charge in [-0.2, -0.15) is 10.5 Å². The van der Waals surface area contributed by atoms with Crippen LogP contribution in [0.1, 0.15) is 12.5 Å². The zero-order valence-electron chi connectivity index (χ0n) is 7.58. The lowest BCUT2D eigenvalue weighted by molar-refractivity contribution is 1.44. The molecule has 1 aromatic carbocycles. The molecule has 0 aliphatic heterocycles. The van der Waals surface area contributed by atoms with Crippen LogP contribution >= 0.6 is 15.9 Å². The summed E-state index contributed by atoms with van der Waals surface area (Å²) < 4.78 is 0.935. The fourth-order valence-electron chi connectivity index (χ4n) is 1.06. The Hall–Kier alpha value is -1.58. The normalized spacial score (nSPS) is 8.57. The van der Waals surface area contributed by atoms with Crippen molar-refractivity contribution < 1.29 is 0 Å². The molecule has 0 aromatic heterocycles. The number of hydrogen-bond donors (Lipinski definition) is 0. The first-order valence-electron chi connectivity index (χ1n) is 3.96. The third kappa shape index (κ3) is 2.22. The van der Waals surface area contributed by atoms with Gasteiger partial charge in [-0.05, 0) is 30.2 Å². The van der Waals surface area contributed by atoms with E-state index in [-0.39, 0.29) is 5.57 Å². The van der Waals surface area contributed by atoms with E-state index in [4.69, 9.17) is 10.5 Å². The van der Waals surface area contributed by atoms with E-state index in [0.29, 0.717) is 5.57 Å². The van der Waals surface area contributed by atoms with Gasteiger partial charge in [0, 0.05) is 4.47 Å². The minimum Gasteiger partial charge on any atom is -0.192 e. The van der Waals surface area contributed by atoms with Crippen molar-refractivity contribution in [3.8, 4) is 12.1 Å². The minimum absolute atomic E-state index is 0.156. The Labute approximate surface area is 91.2 Å². The topological polar surface area (TPSA) is 47.6 Å².